The number of fused-ring (bicyclic) bond motifs is 1. The van der Waals surface area contributed by atoms with Gasteiger partial charge in [0.15, 0.2) is 11.6 Å². The van der Waals surface area contributed by atoms with Crippen LogP contribution in [0, 0.1) is 13.8 Å². The summed E-state index contributed by atoms with van der Waals surface area (Å²) in [6, 6.07) is 6.65. The van der Waals surface area contributed by atoms with E-state index in [0.29, 0.717) is 21.4 Å². The largest absolute Gasteiger partial charge is 0.480 e. The molecule has 0 aliphatic rings. The average molecular weight is 379 g/mol. The van der Waals surface area contributed by atoms with Crippen molar-refractivity contribution in [1.82, 2.24) is 9.38 Å². The predicted octanol–water partition coefficient (Wildman–Crippen LogP) is 3.15. The van der Waals surface area contributed by atoms with Crippen LogP contribution in [0.1, 0.15) is 17.0 Å². The lowest BCUT2D eigenvalue weighted by Crippen LogP contribution is -2.18. The van der Waals surface area contributed by atoms with Gasteiger partial charge in [0.2, 0.25) is 0 Å². The third-order valence-electron chi connectivity index (χ3n) is 3.44. The van der Waals surface area contributed by atoms with Gasteiger partial charge in [0.1, 0.15) is 12.4 Å². The third-order valence-corrected chi connectivity index (χ3v) is 4.70. The topological polar surface area (TPSA) is 69.9 Å². The quantitative estimate of drug-likeness (QED) is 0.638. The summed E-state index contributed by atoms with van der Waals surface area (Å²) in [7, 11) is 0. The van der Waals surface area contributed by atoms with Crippen molar-refractivity contribution in [1.29, 1.82) is 0 Å². The van der Waals surface area contributed by atoms with Gasteiger partial charge in [0, 0.05) is 17.1 Å². The lowest BCUT2D eigenvalue weighted by atomic mass is 10.2. The highest BCUT2D eigenvalue weighted by Gasteiger charge is 2.10. The van der Waals surface area contributed by atoms with Crippen molar-refractivity contribution in [3.8, 4) is 5.75 Å². The highest BCUT2D eigenvalue weighted by molar-refractivity contribution is 7.15. The van der Waals surface area contributed by atoms with Gasteiger partial charge >= 0.3 is 5.97 Å². The number of aromatic nitrogens is 2. The number of esters is 1. The maximum Gasteiger partial charge on any atom is 0.344 e. The molecule has 0 aliphatic heterocycles. The fourth-order valence-electron chi connectivity index (χ4n) is 2.23. The summed E-state index contributed by atoms with van der Waals surface area (Å²) >= 11 is 7.36. The molecular weight excluding hydrogens is 364 g/mol. The van der Waals surface area contributed by atoms with Crippen LogP contribution < -0.4 is 10.3 Å². The number of hydrogen-bond acceptors (Lipinski definition) is 6. The molecule has 0 atom stereocenters. The Bertz CT molecular complexity index is 996. The van der Waals surface area contributed by atoms with Crippen LogP contribution in [0.15, 0.2) is 34.4 Å². The van der Waals surface area contributed by atoms with E-state index in [1.54, 1.807) is 12.1 Å². The molecule has 6 nitrogen and oxygen atoms in total. The second kappa shape index (κ2) is 7.25. The number of ether oxygens (including phenoxy) is 2. The molecule has 3 rings (SSSR count). The molecule has 0 saturated carbocycles. The Balaban J connectivity index is 1.61. The Kier molecular flexibility index (Phi) is 5.06. The molecule has 25 heavy (non-hydrogen) atoms. The molecule has 0 spiro atoms. The van der Waals surface area contributed by atoms with E-state index in [4.69, 9.17) is 21.1 Å². The van der Waals surface area contributed by atoms with Gasteiger partial charge in [-0.1, -0.05) is 17.7 Å². The SMILES string of the molecule is Cc1ccc(Cl)c(OCC(=O)OCc2cc(=O)n3c(C)csc3n2)c1. The van der Waals surface area contributed by atoms with Gasteiger partial charge in [0.05, 0.1) is 10.7 Å². The highest BCUT2D eigenvalue weighted by atomic mass is 35.5. The Morgan fingerprint density at radius 3 is 2.92 bits per heavy atom. The zero-order valence-electron chi connectivity index (χ0n) is 13.6. The van der Waals surface area contributed by atoms with Crippen LogP contribution in [0.25, 0.3) is 4.96 Å². The van der Waals surface area contributed by atoms with Crippen LogP contribution in [-0.2, 0) is 16.1 Å². The highest BCUT2D eigenvalue weighted by Crippen LogP contribution is 2.25. The normalized spacial score (nSPS) is 10.8. The van der Waals surface area contributed by atoms with Gasteiger partial charge in [-0.15, -0.1) is 11.3 Å². The van der Waals surface area contributed by atoms with E-state index >= 15 is 0 Å². The lowest BCUT2D eigenvalue weighted by molar-refractivity contribution is -0.147. The van der Waals surface area contributed by atoms with E-state index < -0.39 is 5.97 Å². The minimum atomic E-state index is -0.568. The van der Waals surface area contributed by atoms with Crippen molar-refractivity contribution >= 4 is 33.9 Å². The van der Waals surface area contributed by atoms with Crippen molar-refractivity contribution in [3.63, 3.8) is 0 Å². The number of thiazole rings is 1. The van der Waals surface area contributed by atoms with E-state index in [2.05, 4.69) is 4.98 Å². The van der Waals surface area contributed by atoms with Crippen LogP contribution in [0.4, 0.5) is 0 Å². The Morgan fingerprint density at radius 2 is 2.12 bits per heavy atom. The summed E-state index contributed by atoms with van der Waals surface area (Å²) < 4.78 is 12.0. The molecular formula is C17H15ClN2O4S. The number of carbonyl (C=O) groups is 1. The van der Waals surface area contributed by atoms with Crippen molar-refractivity contribution in [2.45, 2.75) is 20.5 Å². The van der Waals surface area contributed by atoms with Crippen molar-refractivity contribution < 1.29 is 14.3 Å². The Morgan fingerprint density at radius 1 is 1.32 bits per heavy atom. The maximum atomic E-state index is 12.1. The molecule has 0 N–H and O–H groups in total. The zero-order chi connectivity index (χ0) is 18.0. The Hall–Kier alpha value is -2.38. The number of aryl methyl sites for hydroxylation is 2. The Labute approximate surface area is 152 Å². The molecule has 2 heterocycles. The van der Waals surface area contributed by atoms with Gasteiger partial charge in [-0.05, 0) is 31.5 Å². The molecule has 130 valence electrons. The lowest BCUT2D eigenvalue weighted by Gasteiger charge is -2.09. The first kappa shape index (κ1) is 17.4. The first-order chi connectivity index (χ1) is 11.9. The molecule has 0 bridgehead atoms. The number of rotatable bonds is 5. The number of carbonyl (C=O) groups excluding carboxylic acids is 1. The average Bonchev–Trinajstić information content (AvgIpc) is 2.95. The molecule has 0 saturated heterocycles. The first-order valence-corrected chi connectivity index (χ1v) is 8.71. The molecule has 1 aromatic carbocycles. The van der Waals surface area contributed by atoms with E-state index in [0.717, 1.165) is 11.3 Å². The summed E-state index contributed by atoms with van der Waals surface area (Å²) in [5.74, 6) is -0.146. The van der Waals surface area contributed by atoms with Crippen molar-refractivity contribution in [2.75, 3.05) is 6.61 Å². The third kappa shape index (κ3) is 4.00. The molecule has 0 radical (unpaired) electrons. The minimum Gasteiger partial charge on any atom is -0.480 e. The second-order valence-electron chi connectivity index (χ2n) is 5.46. The van der Waals surface area contributed by atoms with E-state index in [-0.39, 0.29) is 18.8 Å². The summed E-state index contributed by atoms with van der Waals surface area (Å²) in [4.78, 5) is 28.8. The van der Waals surface area contributed by atoms with Crippen molar-refractivity contribution in [2.24, 2.45) is 0 Å². The van der Waals surface area contributed by atoms with Gasteiger partial charge < -0.3 is 9.47 Å². The summed E-state index contributed by atoms with van der Waals surface area (Å²) in [5.41, 5.74) is 1.99. The molecule has 0 aliphatic carbocycles. The van der Waals surface area contributed by atoms with E-state index in [1.807, 2.05) is 25.3 Å². The maximum absolute atomic E-state index is 12.1. The van der Waals surface area contributed by atoms with Crippen LogP contribution in [0.3, 0.4) is 0 Å². The molecule has 2 aromatic heterocycles. The smallest absolute Gasteiger partial charge is 0.344 e. The van der Waals surface area contributed by atoms with E-state index in [9.17, 15) is 9.59 Å². The summed E-state index contributed by atoms with van der Waals surface area (Å²) in [5, 5.41) is 2.27. The van der Waals surface area contributed by atoms with Crippen LogP contribution in [-0.4, -0.2) is 22.0 Å². The number of benzene rings is 1. The molecule has 0 amide bonds. The van der Waals surface area contributed by atoms with Crippen LogP contribution in [0.2, 0.25) is 5.02 Å². The monoisotopic (exact) mass is 378 g/mol. The number of hydrogen-bond donors (Lipinski definition) is 0. The molecule has 0 unspecified atom stereocenters. The minimum absolute atomic E-state index is 0.0908. The standard InChI is InChI=1S/C17H15ClN2O4S/c1-10-3-4-13(18)14(5-10)23-8-16(22)24-7-12-6-15(21)20-11(2)9-25-17(20)19-12/h3-6,9H,7-8H2,1-2H3. The van der Waals surface area contributed by atoms with Gasteiger partial charge in [-0.2, -0.15) is 0 Å². The first-order valence-electron chi connectivity index (χ1n) is 7.45. The summed E-state index contributed by atoms with van der Waals surface area (Å²) in [6.07, 6.45) is 0. The number of nitrogens with zero attached hydrogens (tertiary/aromatic N) is 2. The van der Waals surface area contributed by atoms with Crippen LogP contribution in [0.5, 0.6) is 5.75 Å². The fourth-order valence-corrected chi connectivity index (χ4v) is 3.29. The zero-order valence-corrected chi connectivity index (χ0v) is 15.2. The van der Waals surface area contributed by atoms with Crippen LogP contribution >= 0.6 is 22.9 Å². The second-order valence-corrected chi connectivity index (χ2v) is 6.71. The molecule has 3 aromatic rings. The molecule has 8 heteroatoms. The number of halogens is 1. The van der Waals surface area contributed by atoms with E-state index in [1.165, 1.54) is 21.8 Å². The summed E-state index contributed by atoms with van der Waals surface area (Å²) in [6.45, 7) is 3.36. The van der Waals surface area contributed by atoms with Gasteiger partial charge in [-0.3, -0.25) is 9.20 Å². The van der Waals surface area contributed by atoms with Gasteiger partial charge in [0.25, 0.3) is 5.56 Å². The predicted molar refractivity (Wildman–Crippen MR) is 95.6 cm³/mol. The van der Waals surface area contributed by atoms with Gasteiger partial charge in [-0.25, -0.2) is 9.78 Å². The van der Waals surface area contributed by atoms with Crippen molar-refractivity contribution in [3.05, 3.63) is 62.0 Å². The fraction of sp³-hybridized carbons (Fsp3) is 0.235. The molecule has 0 fully saturated rings.